The molecule has 0 saturated heterocycles. The van der Waals surface area contributed by atoms with Crippen molar-refractivity contribution in [2.75, 3.05) is 0 Å². The molecule has 2 heterocycles. The van der Waals surface area contributed by atoms with Crippen molar-refractivity contribution in [3.63, 3.8) is 0 Å². The minimum absolute atomic E-state index is 0.146. The Hall–Kier alpha value is -2.82. The number of pyridine rings is 1. The van der Waals surface area contributed by atoms with E-state index in [-0.39, 0.29) is 23.8 Å². The van der Waals surface area contributed by atoms with Crippen molar-refractivity contribution in [3.05, 3.63) is 54.4 Å². The third kappa shape index (κ3) is 2.09. The summed E-state index contributed by atoms with van der Waals surface area (Å²) >= 11 is 0. The molecule has 0 fully saturated rings. The van der Waals surface area contributed by atoms with Gasteiger partial charge in [-0.2, -0.15) is 0 Å². The summed E-state index contributed by atoms with van der Waals surface area (Å²) in [6, 6.07) is 9.84. The second-order valence-corrected chi connectivity index (χ2v) is 4.54. The summed E-state index contributed by atoms with van der Waals surface area (Å²) in [4.78, 5) is 15.3. The van der Waals surface area contributed by atoms with E-state index in [1.165, 1.54) is 18.2 Å². The first-order valence-electron chi connectivity index (χ1n) is 6.16. The molecule has 0 aliphatic heterocycles. The monoisotopic (exact) mass is 269 g/mol. The number of phenols is 2. The van der Waals surface area contributed by atoms with Gasteiger partial charge in [0.1, 0.15) is 0 Å². The molecule has 3 aromatic rings. The Morgan fingerprint density at radius 3 is 2.80 bits per heavy atom. The highest BCUT2D eigenvalue weighted by Crippen LogP contribution is 2.25. The molecule has 5 heteroatoms. The van der Waals surface area contributed by atoms with Crippen molar-refractivity contribution in [1.82, 2.24) is 4.98 Å². The summed E-state index contributed by atoms with van der Waals surface area (Å²) in [5.74, 6) is -0.674. The number of ketones is 1. The van der Waals surface area contributed by atoms with Crippen LogP contribution in [0.5, 0.6) is 11.5 Å². The van der Waals surface area contributed by atoms with Gasteiger partial charge in [-0.1, -0.05) is 0 Å². The first kappa shape index (κ1) is 12.2. The van der Waals surface area contributed by atoms with Gasteiger partial charge in [0.05, 0.1) is 17.8 Å². The van der Waals surface area contributed by atoms with Crippen LogP contribution in [0.1, 0.15) is 10.4 Å². The summed E-state index contributed by atoms with van der Waals surface area (Å²) in [6.07, 6.45) is 3.63. The number of aromatic hydroxyl groups is 2. The number of aromatic amines is 1. The number of carbonyl (C=O) groups is 1. The number of hydrogen-bond donors (Lipinski definition) is 3. The van der Waals surface area contributed by atoms with Crippen molar-refractivity contribution in [2.45, 2.75) is 6.54 Å². The Balaban J connectivity index is 1.92. The Kier molecular flexibility index (Phi) is 2.87. The van der Waals surface area contributed by atoms with E-state index in [4.69, 9.17) is 0 Å². The molecule has 0 spiro atoms. The first-order valence-corrected chi connectivity index (χ1v) is 6.16. The Labute approximate surface area is 114 Å². The molecular formula is C15H13N2O3+. The molecule has 0 aliphatic rings. The van der Waals surface area contributed by atoms with Crippen LogP contribution in [0.3, 0.4) is 0 Å². The van der Waals surface area contributed by atoms with E-state index in [2.05, 4.69) is 4.98 Å². The summed E-state index contributed by atoms with van der Waals surface area (Å²) in [6.45, 7) is 0.155. The quantitative estimate of drug-likeness (QED) is 0.385. The highest BCUT2D eigenvalue weighted by molar-refractivity contribution is 5.95. The van der Waals surface area contributed by atoms with E-state index in [9.17, 15) is 15.0 Å². The van der Waals surface area contributed by atoms with Crippen LogP contribution >= 0.6 is 0 Å². The van der Waals surface area contributed by atoms with E-state index < -0.39 is 0 Å². The number of hydrogen-bond acceptors (Lipinski definition) is 3. The van der Waals surface area contributed by atoms with E-state index in [1.54, 1.807) is 0 Å². The molecule has 0 unspecified atom stereocenters. The van der Waals surface area contributed by atoms with Crippen LogP contribution in [0.2, 0.25) is 0 Å². The zero-order valence-corrected chi connectivity index (χ0v) is 10.6. The number of H-pyrrole nitrogens is 1. The lowest BCUT2D eigenvalue weighted by atomic mass is 10.1. The van der Waals surface area contributed by atoms with Gasteiger partial charge in [0.25, 0.3) is 5.65 Å². The molecule has 5 nitrogen and oxygen atoms in total. The Morgan fingerprint density at radius 1 is 1.15 bits per heavy atom. The maximum absolute atomic E-state index is 12.2. The Morgan fingerprint density at radius 2 is 2.00 bits per heavy atom. The molecule has 0 saturated carbocycles. The number of carbonyl (C=O) groups excluding carboxylic acids is 1. The molecule has 0 bridgehead atoms. The number of nitrogens with one attached hydrogen (secondary N) is 1. The van der Waals surface area contributed by atoms with Gasteiger partial charge in [-0.3, -0.25) is 4.79 Å². The molecule has 1 aromatic carbocycles. The first-order chi connectivity index (χ1) is 9.65. The number of aromatic nitrogens is 2. The van der Waals surface area contributed by atoms with Crippen LogP contribution in [0, 0.1) is 0 Å². The van der Waals surface area contributed by atoms with Crippen LogP contribution < -0.4 is 4.57 Å². The normalized spacial score (nSPS) is 10.8. The molecule has 0 radical (unpaired) electrons. The van der Waals surface area contributed by atoms with Gasteiger partial charge >= 0.3 is 0 Å². The summed E-state index contributed by atoms with van der Waals surface area (Å²) in [7, 11) is 0. The number of fused-ring (bicyclic) bond motifs is 1. The third-order valence-electron chi connectivity index (χ3n) is 3.20. The van der Waals surface area contributed by atoms with Gasteiger partial charge in [-0.05, 0) is 36.4 Å². The van der Waals surface area contributed by atoms with Gasteiger partial charge in [-0.15, -0.1) is 0 Å². The fourth-order valence-corrected chi connectivity index (χ4v) is 2.16. The second kappa shape index (κ2) is 4.70. The van der Waals surface area contributed by atoms with Gasteiger partial charge in [0.2, 0.25) is 5.78 Å². The van der Waals surface area contributed by atoms with Gasteiger partial charge in [0, 0.05) is 5.56 Å². The topological polar surface area (TPSA) is 77.2 Å². The van der Waals surface area contributed by atoms with Crippen LogP contribution in [0.4, 0.5) is 0 Å². The molecule has 2 aromatic heterocycles. The number of phenolic OH excluding ortho intramolecular Hbond substituents is 2. The van der Waals surface area contributed by atoms with E-state index >= 15 is 0 Å². The maximum atomic E-state index is 12.2. The van der Waals surface area contributed by atoms with Crippen LogP contribution in [0.25, 0.3) is 11.0 Å². The number of rotatable bonds is 3. The van der Waals surface area contributed by atoms with Crippen molar-refractivity contribution < 1.29 is 19.6 Å². The lowest BCUT2D eigenvalue weighted by Crippen LogP contribution is -2.38. The van der Waals surface area contributed by atoms with E-state index in [0.29, 0.717) is 5.56 Å². The molecule has 3 N–H and O–H groups in total. The Bertz CT molecular complexity index is 793. The average Bonchev–Trinajstić information content (AvgIpc) is 2.91. The fraction of sp³-hybridized carbons (Fsp3) is 0.0667. The molecular weight excluding hydrogens is 256 g/mol. The zero-order chi connectivity index (χ0) is 14.1. The maximum Gasteiger partial charge on any atom is 0.286 e. The van der Waals surface area contributed by atoms with Crippen LogP contribution in [-0.4, -0.2) is 21.0 Å². The molecule has 20 heavy (non-hydrogen) atoms. The largest absolute Gasteiger partial charge is 0.504 e. The lowest BCUT2D eigenvalue weighted by molar-refractivity contribution is -0.658. The van der Waals surface area contributed by atoms with Gasteiger partial charge in [0.15, 0.2) is 18.0 Å². The fourth-order valence-electron chi connectivity index (χ4n) is 2.16. The molecule has 100 valence electrons. The molecule has 0 aliphatic carbocycles. The zero-order valence-electron chi connectivity index (χ0n) is 10.6. The number of nitrogens with zero attached hydrogens (tertiary/aromatic N) is 1. The molecule has 0 atom stereocenters. The van der Waals surface area contributed by atoms with Crippen LogP contribution in [0.15, 0.2) is 48.8 Å². The van der Waals surface area contributed by atoms with E-state index in [0.717, 1.165) is 11.0 Å². The van der Waals surface area contributed by atoms with Gasteiger partial charge in [-0.25, -0.2) is 9.55 Å². The van der Waals surface area contributed by atoms with E-state index in [1.807, 2.05) is 35.2 Å². The number of benzene rings is 1. The van der Waals surface area contributed by atoms with Crippen molar-refractivity contribution in [3.8, 4) is 11.5 Å². The minimum atomic E-state index is -0.293. The van der Waals surface area contributed by atoms with Crippen molar-refractivity contribution in [2.24, 2.45) is 0 Å². The highest BCUT2D eigenvalue weighted by Gasteiger charge is 2.15. The standard InChI is InChI=1S/C15H12N2O3/c18-12-4-3-11(8-13(12)19)14(20)9-17-7-1-2-10-5-6-16-15(10)17/h1-8H,9H2,(H2,18,19,20)/p+1. The molecule has 3 rings (SSSR count). The van der Waals surface area contributed by atoms with Crippen molar-refractivity contribution >= 4 is 16.8 Å². The smallest absolute Gasteiger partial charge is 0.286 e. The van der Waals surface area contributed by atoms with Crippen LogP contribution in [-0.2, 0) is 6.54 Å². The van der Waals surface area contributed by atoms with Crippen molar-refractivity contribution in [1.29, 1.82) is 0 Å². The second-order valence-electron chi connectivity index (χ2n) is 4.54. The average molecular weight is 269 g/mol. The summed E-state index contributed by atoms with van der Waals surface area (Å²) in [5, 5.41) is 19.7. The lowest BCUT2D eigenvalue weighted by Gasteiger charge is -2.03. The summed E-state index contributed by atoms with van der Waals surface area (Å²) in [5.41, 5.74) is 1.22. The highest BCUT2D eigenvalue weighted by atomic mass is 16.3. The SMILES string of the molecule is O=C(C[n+]1cccc2cc[nH]c21)c1ccc(O)c(O)c1. The number of Topliss-reactive ketones (excluding diaryl/α,β-unsaturated/α-hetero) is 1. The third-order valence-corrected chi connectivity index (χ3v) is 3.20. The minimum Gasteiger partial charge on any atom is -0.504 e. The predicted molar refractivity (Wildman–Crippen MR) is 72.6 cm³/mol. The molecule has 0 amide bonds. The van der Waals surface area contributed by atoms with Gasteiger partial charge < -0.3 is 10.2 Å². The summed E-state index contributed by atoms with van der Waals surface area (Å²) < 4.78 is 1.81. The predicted octanol–water partition coefficient (Wildman–Crippen LogP) is 1.75.